The molecule has 0 N–H and O–H groups in total. The molecule has 0 bridgehead atoms. The quantitative estimate of drug-likeness (QED) is 0.725. The predicted molar refractivity (Wildman–Crippen MR) is 99.8 cm³/mol. The molecular formula is C21H20N2O3. The first kappa shape index (κ1) is 16.4. The Hall–Kier alpha value is -3.08. The van der Waals surface area contributed by atoms with Gasteiger partial charge in [-0.25, -0.2) is 0 Å². The predicted octanol–water partition coefficient (Wildman–Crippen LogP) is 3.37. The molecule has 26 heavy (non-hydrogen) atoms. The Kier molecular flexibility index (Phi) is 4.21. The van der Waals surface area contributed by atoms with Crippen molar-refractivity contribution in [2.75, 3.05) is 6.61 Å². The molecule has 1 unspecified atom stereocenters. The van der Waals surface area contributed by atoms with Gasteiger partial charge >= 0.3 is 0 Å². The lowest BCUT2D eigenvalue weighted by Gasteiger charge is -2.11. The van der Waals surface area contributed by atoms with Crippen molar-refractivity contribution in [3.05, 3.63) is 76.2 Å². The van der Waals surface area contributed by atoms with Crippen LogP contribution in [-0.2, 0) is 6.54 Å². The van der Waals surface area contributed by atoms with Gasteiger partial charge in [-0.1, -0.05) is 42.0 Å². The first-order valence-corrected chi connectivity index (χ1v) is 8.63. The Morgan fingerprint density at radius 1 is 1.15 bits per heavy atom. The van der Waals surface area contributed by atoms with Gasteiger partial charge in [0.05, 0.1) is 6.54 Å². The van der Waals surface area contributed by atoms with Crippen LogP contribution in [0.25, 0.3) is 11.1 Å². The molecule has 0 saturated carbocycles. The van der Waals surface area contributed by atoms with Gasteiger partial charge in [0.1, 0.15) is 12.4 Å². The zero-order chi connectivity index (χ0) is 18.1. The van der Waals surface area contributed by atoms with Crippen LogP contribution in [0, 0.1) is 13.8 Å². The van der Waals surface area contributed by atoms with Crippen molar-refractivity contribution in [2.45, 2.75) is 26.5 Å². The van der Waals surface area contributed by atoms with Crippen LogP contribution in [0.2, 0.25) is 0 Å². The van der Waals surface area contributed by atoms with Crippen molar-refractivity contribution in [3.63, 3.8) is 0 Å². The average molecular weight is 348 g/mol. The molecule has 0 amide bonds. The van der Waals surface area contributed by atoms with Gasteiger partial charge in [-0.05, 0) is 37.1 Å². The molecule has 5 heteroatoms. The number of benzene rings is 2. The summed E-state index contributed by atoms with van der Waals surface area (Å²) < 4.78 is 13.4. The molecule has 1 aliphatic rings. The minimum absolute atomic E-state index is 0.153. The van der Waals surface area contributed by atoms with Crippen molar-refractivity contribution >= 4 is 0 Å². The van der Waals surface area contributed by atoms with Gasteiger partial charge in [0, 0.05) is 11.8 Å². The van der Waals surface area contributed by atoms with Crippen LogP contribution in [0.1, 0.15) is 11.1 Å². The lowest BCUT2D eigenvalue weighted by atomic mass is 10.0. The molecular weight excluding hydrogens is 328 g/mol. The number of aryl methyl sites for hydroxylation is 2. The Morgan fingerprint density at radius 3 is 2.73 bits per heavy atom. The number of hydrogen-bond donors (Lipinski definition) is 0. The topological polar surface area (TPSA) is 53.4 Å². The lowest BCUT2D eigenvalue weighted by molar-refractivity contribution is 0.143. The molecule has 3 aromatic rings. The summed E-state index contributed by atoms with van der Waals surface area (Å²) in [6.45, 7) is 4.87. The van der Waals surface area contributed by atoms with Crippen LogP contribution < -0.4 is 15.0 Å². The van der Waals surface area contributed by atoms with E-state index in [1.165, 1.54) is 11.1 Å². The number of nitrogens with zero attached hydrogens (tertiary/aromatic N) is 2. The summed E-state index contributed by atoms with van der Waals surface area (Å²) >= 11 is 0. The van der Waals surface area contributed by atoms with E-state index in [1.54, 1.807) is 13.1 Å². The molecule has 0 spiro atoms. The fourth-order valence-corrected chi connectivity index (χ4v) is 3.06. The summed E-state index contributed by atoms with van der Waals surface area (Å²) in [5.74, 6) is 0.791. The van der Waals surface area contributed by atoms with Crippen LogP contribution in [0.4, 0.5) is 0 Å². The first-order chi connectivity index (χ1) is 12.6. The standard InChI is InChI=1S/C21H20N2O3/c1-14-4-3-5-17(10-14)16-6-8-18(9-7-16)25-13-19-12-23-11-15(2)20(24)22-21(23)26-19/h3-11,19H,12-13H2,1-2H3. The van der Waals surface area contributed by atoms with E-state index in [2.05, 4.69) is 48.3 Å². The summed E-state index contributed by atoms with van der Waals surface area (Å²) in [6.07, 6.45) is 1.63. The Bertz CT molecular complexity index is 993. The third-order valence-electron chi connectivity index (χ3n) is 4.44. The highest BCUT2D eigenvalue weighted by molar-refractivity contribution is 5.64. The maximum absolute atomic E-state index is 11.6. The van der Waals surface area contributed by atoms with Crippen LogP contribution in [0.5, 0.6) is 11.8 Å². The number of aromatic nitrogens is 2. The maximum Gasteiger partial charge on any atom is 0.300 e. The highest BCUT2D eigenvalue weighted by atomic mass is 16.6. The minimum atomic E-state index is -0.246. The Morgan fingerprint density at radius 2 is 1.96 bits per heavy atom. The smallest absolute Gasteiger partial charge is 0.300 e. The molecule has 0 aliphatic carbocycles. The van der Waals surface area contributed by atoms with Gasteiger partial charge in [-0.2, -0.15) is 4.98 Å². The van der Waals surface area contributed by atoms with Crippen LogP contribution in [0.3, 0.4) is 0 Å². The molecule has 5 nitrogen and oxygen atoms in total. The number of fused-ring (bicyclic) bond motifs is 1. The third kappa shape index (κ3) is 3.33. The lowest BCUT2D eigenvalue weighted by Crippen LogP contribution is -2.23. The second-order valence-electron chi connectivity index (χ2n) is 6.61. The first-order valence-electron chi connectivity index (χ1n) is 8.63. The normalized spacial score (nSPS) is 15.4. The third-order valence-corrected chi connectivity index (χ3v) is 4.44. The average Bonchev–Trinajstić information content (AvgIpc) is 3.02. The van der Waals surface area contributed by atoms with E-state index >= 15 is 0 Å². The van der Waals surface area contributed by atoms with E-state index < -0.39 is 0 Å². The Labute approximate surface area is 151 Å². The van der Waals surface area contributed by atoms with E-state index in [1.807, 2.05) is 16.7 Å². The van der Waals surface area contributed by atoms with Crippen LogP contribution in [0.15, 0.2) is 59.5 Å². The number of hydrogen-bond acceptors (Lipinski definition) is 4. The van der Waals surface area contributed by atoms with Gasteiger partial charge < -0.3 is 9.47 Å². The van der Waals surface area contributed by atoms with Gasteiger partial charge in [0.25, 0.3) is 11.6 Å². The van der Waals surface area contributed by atoms with Gasteiger partial charge in [-0.3, -0.25) is 9.36 Å². The highest BCUT2D eigenvalue weighted by Crippen LogP contribution is 2.24. The fourth-order valence-electron chi connectivity index (χ4n) is 3.06. The second kappa shape index (κ2) is 6.67. The second-order valence-corrected chi connectivity index (χ2v) is 6.61. The highest BCUT2D eigenvalue weighted by Gasteiger charge is 2.24. The van der Waals surface area contributed by atoms with Gasteiger partial charge in [0.2, 0.25) is 0 Å². The molecule has 2 aromatic carbocycles. The van der Waals surface area contributed by atoms with Crippen molar-refractivity contribution in [2.24, 2.45) is 0 Å². The summed E-state index contributed by atoms with van der Waals surface area (Å²) in [5, 5.41) is 0. The molecule has 4 rings (SSSR count). The molecule has 1 aromatic heterocycles. The molecule has 0 fully saturated rings. The monoisotopic (exact) mass is 348 g/mol. The summed E-state index contributed by atoms with van der Waals surface area (Å²) in [5.41, 5.74) is 3.96. The van der Waals surface area contributed by atoms with E-state index in [9.17, 15) is 4.79 Å². The molecule has 132 valence electrons. The molecule has 1 atom stereocenters. The van der Waals surface area contributed by atoms with Crippen molar-refractivity contribution in [1.82, 2.24) is 9.55 Å². The number of rotatable bonds is 4. The molecule has 2 heterocycles. The van der Waals surface area contributed by atoms with E-state index in [0.717, 1.165) is 11.3 Å². The van der Waals surface area contributed by atoms with Crippen molar-refractivity contribution < 1.29 is 9.47 Å². The summed E-state index contributed by atoms with van der Waals surface area (Å²) in [6, 6.07) is 16.8. The van der Waals surface area contributed by atoms with Crippen molar-refractivity contribution in [1.29, 1.82) is 0 Å². The van der Waals surface area contributed by atoms with E-state index in [-0.39, 0.29) is 11.7 Å². The SMILES string of the molecule is Cc1cccc(-c2ccc(OCC3Cn4cc(C)c(=O)nc4O3)cc2)c1. The zero-order valence-corrected chi connectivity index (χ0v) is 14.8. The summed E-state index contributed by atoms with van der Waals surface area (Å²) in [4.78, 5) is 15.5. The fraction of sp³-hybridized carbons (Fsp3) is 0.238. The molecule has 0 radical (unpaired) electrons. The molecule has 0 saturated heterocycles. The van der Waals surface area contributed by atoms with E-state index in [0.29, 0.717) is 24.7 Å². The van der Waals surface area contributed by atoms with Crippen molar-refractivity contribution in [3.8, 4) is 22.9 Å². The number of ether oxygens (including phenoxy) is 2. The van der Waals surface area contributed by atoms with Crippen LogP contribution >= 0.6 is 0 Å². The van der Waals surface area contributed by atoms with E-state index in [4.69, 9.17) is 9.47 Å². The zero-order valence-electron chi connectivity index (χ0n) is 14.8. The molecule has 1 aliphatic heterocycles. The van der Waals surface area contributed by atoms with Gasteiger partial charge in [0.15, 0.2) is 6.10 Å². The van der Waals surface area contributed by atoms with Crippen LogP contribution in [-0.4, -0.2) is 22.3 Å². The summed E-state index contributed by atoms with van der Waals surface area (Å²) in [7, 11) is 0. The maximum atomic E-state index is 11.6. The van der Waals surface area contributed by atoms with Gasteiger partial charge in [-0.15, -0.1) is 0 Å². The minimum Gasteiger partial charge on any atom is -0.490 e. The Balaban J connectivity index is 1.39. The largest absolute Gasteiger partial charge is 0.490 e.